The SMILES string of the molecule is C[C@H](CCCOc1cccc(NCCCOCCCCOCCCNc2c3ccccc3cc3ccccc23)n1)[C@H]1CC[C@H]2[C@@H]3CC[C@@H]4C[C@@H](Oc5cccc(NCCCOCCCCOCCCNc6c7ccccc7cc7ccccc67)n5)CC[C@]4(C)[C@H]3CC[C@]12C. The normalized spacial score (nSPS) is 22.8. The number of pyridine rings is 2. The molecular weight excluding hydrogens is 1160 g/mol. The van der Waals surface area contributed by atoms with Crippen LogP contribution in [0.25, 0.3) is 43.1 Å². The van der Waals surface area contributed by atoms with Crippen LogP contribution in [0, 0.1) is 46.3 Å². The molecule has 4 aliphatic rings. The van der Waals surface area contributed by atoms with Crippen LogP contribution in [0.3, 0.4) is 0 Å². The molecule has 9 atom stereocenters. The van der Waals surface area contributed by atoms with Gasteiger partial charge in [-0.1, -0.05) is 130 Å². The van der Waals surface area contributed by atoms with E-state index in [1.165, 1.54) is 106 Å². The summed E-state index contributed by atoms with van der Waals surface area (Å²) in [6.45, 7) is 18.1. The highest BCUT2D eigenvalue weighted by Crippen LogP contribution is 2.68. The van der Waals surface area contributed by atoms with Crippen molar-refractivity contribution in [2.45, 2.75) is 149 Å². The van der Waals surface area contributed by atoms with Crippen LogP contribution < -0.4 is 30.7 Å². The van der Waals surface area contributed by atoms with E-state index in [1.807, 2.05) is 24.3 Å². The van der Waals surface area contributed by atoms with Gasteiger partial charge >= 0.3 is 0 Å². The van der Waals surface area contributed by atoms with Crippen LogP contribution in [-0.4, -0.2) is 102 Å². The van der Waals surface area contributed by atoms with Crippen molar-refractivity contribution >= 4 is 66.1 Å². The standard InChI is InChI=1S/C82H108N6O6/c1-60(23-18-56-93-77-34-16-32-75(87-77)83-44-19-52-89-48-12-14-50-91-54-21-46-85-79-67-28-8-4-24-61(67)57-62-25-5-9-29-68(62)79)72-38-39-73-71-37-36-65-59-66(40-42-81(65,2)74(71)41-43-82(72,73)3)94-78-35-17-33-76(88-78)84-45-20-53-90-49-13-15-51-92-55-22-47-86-80-69-30-10-6-26-63(69)58-64-27-7-11-31-70(64)80/h4-11,16-17,24-35,57-58,60,65-66,71-74,85-86H,12-15,18-23,36-56,59H2,1-3H3,(H,83,87)(H,84,88)/t60-,65-,66+,71+,72-,73+,74+,81+,82-/m1/s1. The molecule has 12 nitrogen and oxygen atoms in total. The highest BCUT2D eigenvalue weighted by atomic mass is 16.5. The third-order valence-corrected chi connectivity index (χ3v) is 22.4. The van der Waals surface area contributed by atoms with Crippen molar-refractivity contribution in [3.8, 4) is 11.8 Å². The van der Waals surface area contributed by atoms with Gasteiger partial charge in [0.2, 0.25) is 11.8 Å². The van der Waals surface area contributed by atoms with E-state index < -0.39 is 0 Å². The van der Waals surface area contributed by atoms with Gasteiger partial charge in [0.15, 0.2) is 0 Å². The first-order chi connectivity index (χ1) is 46.3. The van der Waals surface area contributed by atoms with Crippen molar-refractivity contribution in [3.63, 3.8) is 0 Å². The summed E-state index contributed by atoms with van der Waals surface area (Å²) >= 11 is 0. The van der Waals surface area contributed by atoms with Crippen molar-refractivity contribution in [1.82, 2.24) is 9.97 Å². The molecule has 4 fully saturated rings. The van der Waals surface area contributed by atoms with Gasteiger partial charge in [-0.3, -0.25) is 0 Å². The summed E-state index contributed by atoms with van der Waals surface area (Å²) in [4.78, 5) is 9.71. The van der Waals surface area contributed by atoms with Crippen LogP contribution in [0.15, 0.2) is 146 Å². The molecule has 0 radical (unpaired) electrons. The number of aromatic nitrogens is 2. The maximum atomic E-state index is 6.74. The molecule has 0 amide bonds. The fourth-order valence-corrected chi connectivity index (χ4v) is 17.6. The molecule has 4 saturated carbocycles. The number of anilines is 4. The maximum absolute atomic E-state index is 6.74. The molecule has 12 heteroatoms. The van der Waals surface area contributed by atoms with E-state index in [4.69, 9.17) is 38.4 Å². The Bertz CT molecular complexity index is 3530. The average Bonchev–Trinajstić information content (AvgIpc) is 1.40. The fraction of sp³-hybridized carbons (Fsp3) is 0.537. The minimum absolute atomic E-state index is 0.236. The van der Waals surface area contributed by atoms with Gasteiger partial charge in [-0.15, -0.1) is 0 Å². The van der Waals surface area contributed by atoms with Crippen molar-refractivity contribution in [3.05, 3.63) is 146 Å². The highest BCUT2D eigenvalue weighted by Gasteiger charge is 2.60. The summed E-state index contributed by atoms with van der Waals surface area (Å²) in [6.07, 6.45) is 22.2. The minimum Gasteiger partial charge on any atom is -0.478 e. The zero-order valence-electron chi connectivity index (χ0n) is 56.9. The number of ether oxygens (including phenoxy) is 6. The second kappa shape index (κ2) is 33.8. The first-order valence-corrected chi connectivity index (χ1v) is 36.6. The van der Waals surface area contributed by atoms with Crippen LogP contribution in [-0.2, 0) is 18.9 Å². The van der Waals surface area contributed by atoms with Gasteiger partial charge in [0, 0.05) is 124 Å². The zero-order valence-corrected chi connectivity index (χ0v) is 56.9. The van der Waals surface area contributed by atoms with Crippen molar-refractivity contribution in [2.24, 2.45) is 46.3 Å². The molecular formula is C82H108N6O6. The number of benzene rings is 6. The van der Waals surface area contributed by atoms with Gasteiger partial charge in [0.25, 0.3) is 0 Å². The fourth-order valence-electron chi connectivity index (χ4n) is 17.6. The molecule has 4 N–H and O–H groups in total. The van der Waals surface area contributed by atoms with Gasteiger partial charge in [0.05, 0.1) is 6.61 Å². The van der Waals surface area contributed by atoms with Crippen molar-refractivity contribution in [2.75, 3.05) is 107 Å². The van der Waals surface area contributed by atoms with Gasteiger partial charge in [-0.05, 0) is 214 Å². The Morgan fingerprint density at radius 1 is 0.426 bits per heavy atom. The second-order valence-corrected chi connectivity index (χ2v) is 28.5. The monoisotopic (exact) mass is 1270 g/mol. The van der Waals surface area contributed by atoms with Gasteiger partial charge in [-0.2, -0.15) is 9.97 Å². The molecule has 0 aliphatic heterocycles. The van der Waals surface area contributed by atoms with Gasteiger partial charge in [0.1, 0.15) is 17.7 Å². The van der Waals surface area contributed by atoms with E-state index in [2.05, 4.69) is 163 Å². The smallest absolute Gasteiger partial charge is 0.215 e. The van der Waals surface area contributed by atoms with Crippen LogP contribution in [0.2, 0.25) is 0 Å². The molecule has 2 aromatic heterocycles. The highest BCUT2D eigenvalue weighted by molar-refractivity contribution is 6.12. The van der Waals surface area contributed by atoms with E-state index in [-0.39, 0.29) is 6.10 Å². The van der Waals surface area contributed by atoms with E-state index in [0.717, 1.165) is 197 Å². The topological polar surface area (TPSA) is 129 Å². The van der Waals surface area contributed by atoms with E-state index in [0.29, 0.717) is 29.2 Å². The van der Waals surface area contributed by atoms with Crippen LogP contribution in [0.4, 0.5) is 23.0 Å². The molecule has 502 valence electrons. The lowest BCUT2D eigenvalue weighted by molar-refractivity contribution is -0.127. The number of nitrogens with zero attached hydrogens (tertiary/aromatic N) is 2. The summed E-state index contributed by atoms with van der Waals surface area (Å²) in [7, 11) is 0. The molecule has 2 heterocycles. The summed E-state index contributed by atoms with van der Waals surface area (Å²) in [5.41, 5.74) is 3.30. The number of hydrogen-bond acceptors (Lipinski definition) is 12. The maximum Gasteiger partial charge on any atom is 0.215 e. The molecule has 0 saturated heterocycles. The Morgan fingerprint density at radius 3 is 1.39 bits per heavy atom. The summed E-state index contributed by atoms with van der Waals surface area (Å²) in [5.74, 6) is 8.00. The molecule has 0 bridgehead atoms. The van der Waals surface area contributed by atoms with Crippen LogP contribution in [0.5, 0.6) is 11.8 Å². The lowest BCUT2D eigenvalue weighted by atomic mass is 9.44. The number of rotatable bonds is 38. The summed E-state index contributed by atoms with van der Waals surface area (Å²) in [6, 6.07) is 51.3. The predicted molar refractivity (Wildman–Crippen MR) is 389 cm³/mol. The Morgan fingerprint density at radius 2 is 0.872 bits per heavy atom. The molecule has 6 aromatic carbocycles. The van der Waals surface area contributed by atoms with Gasteiger partial charge < -0.3 is 49.7 Å². The Kier molecular flexibility index (Phi) is 24.2. The van der Waals surface area contributed by atoms with Crippen LogP contribution in [0.1, 0.15) is 143 Å². The minimum atomic E-state index is 0.236. The van der Waals surface area contributed by atoms with Crippen LogP contribution >= 0.6 is 0 Å². The first-order valence-electron chi connectivity index (χ1n) is 36.6. The third-order valence-electron chi connectivity index (χ3n) is 22.4. The lowest BCUT2D eigenvalue weighted by Crippen LogP contribution is -2.54. The van der Waals surface area contributed by atoms with E-state index in [9.17, 15) is 0 Å². The molecule has 0 spiro atoms. The molecule has 12 rings (SSSR count). The van der Waals surface area contributed by atoms with E-state index >= 15 is 0 Å². The summed E-state index contributed by atoms with van der Waals surface area (Å²) in [5, 5.41) is 24.6. The largest absolute Gasteiger partial charge is 0.478 e. The quantitative estimate of drug-likeness (QED) is 0.0217. The lowest BCUT2D eigenvalue weighted by Gasteiger charge is -2.61. The number of unbranched alkanes of at least 4 members (excludes halogenated alkanes) is 2. The average molecular weight is 1270 g/mol. The van der Waals surface area contributed by atoms with Gasteiger partial charge in [-0.25, -0.2) is 0 Å². The summed E-state index contributed by atoms with van der Waals surface area (Å²) < 4.78 is 36.9. The molecule has 94 heavy (non-hydrogen) atoms. The predicted octanol–water partition coefficient (Wildman–Crippen LogP) is 19.2. The van der Waals surface area contributed by atoms with Crippen molar-refractivity contribution < 1.29 is 28.4 Å². The van der Waals surface area contributed by atoms with E-state index in [1.54, 1.807) is 0 Å². The third kappa shape index (κ3) is 17.1. The zero-order chi connectivity index (χ0) is 64.2. The number of fused-ring (bicyclic) bond motifs is 9. The Labute approximate surface area is 561 Å². The Balaban J connectivity index is 0.470. The molecule has 0 unspecified atom stereocenters. The Hall–Kier alpha value is -6.70. The second-order valence-electron chi connectivity index (χ2n) is 28.5. The number of hydrogen-bond donors (Lipinski definition) is 4. The van der Waals surface area contributed by atoms with Crippen molar-refractivity contribution in [1.29, 1.82) is 0 Å². The molecule has 8 aromatic rings. The first kappa shape index (κ1) is 67.3. The number of nitrogens with one attached hydrogen (secondary N) is 4. The molecule has 4 aliphatic carbocycles.